The fourth-order valence-corrected chi connectivity index (χ4v) is 1.19. The van der Waals surface area contributed by atoms with Crippen molar-refractivity contribution in [3.8, 4) is 5.88 Å². The Morgan fingerprint density at radius 2 is 2.35 bits per heavy atom. The van der Waals surface area contributed by atoms with Crippen LogP contribution in [-0.4, -0.2) is 32.9 Å². The van der Waals surface area contributed by atoms with Crippen LogP contribution >= 0.6 is 0 Å². The van der Waals surface area contributed by atoms with Crippen LogP contribution < -0.4 is 10.1 Å². The summed E-state index contributed by atoms with van der Waals surface area (Å²) in [6, 6.07) is 3.39. The summed E-state index contributed by atoms with van der Waals surface area (Å²) < 4.78 is 5.19. The second-order valence-corrected chi connectivity index (χ2v) is 3.13. The molecule has 0 atom stereocenters. The van der Waals surface area contributed by atoms with Gasteiger partial charge in [-0.15, -0.1) is 0 Å². The molecule has 0 radical (unpaired) electrons. The van der Waals surface area contributed by atoms with Crippen molar-refractivity contribution in [1.29, 1.82) is 0 Å². The van der Waals surface area contributed by atoms with Crippen LogP contribution in [0, 0.1) is 0 Å². The van der Waals surface area contributed by atoms with Gasteiger partial charge >= 0.3 is 0 Å². The van der Waals surface area contributed by atoms with Crippen LogP contribution in [0.25, 0.3) is 0 Å². The lowest BCUT2D eigenvalue weighted by molar-refractivity contribution is 0.102. The smallest absolute Gasteiger partial charge is 0.277 e. The van der Waals surface area contributed by atoms with Gasteiger partial charge in [0.15, 0.2) is 5.69 Å². The van der Waals surface area contributed by atoms with Crippen LogP contribution in [0.3, 0.4) is 0 Å². The molecule has 17 heavy (non-hydrogen) atoms. The number of hydrogen-bond donors (Lipinski definition) is 2. The summed E-state index contributed by atoms with van der Waals surface area (Å²) in [6.07, 6.45) is 2.86. The first-order valence-electron chi connectivity index (χ1n) is 5.05. The summed E-state index contributed by atoms with van der Waals surface area (Å²) in [4.78, 5) is 15.6. The standard InChI is InChI=1S/C10H11N5O2/c1-2-17-9-4-3-7(5-11-9)13-10(16)8-6-12-15-14-8/h3-6H,2H2,1H3,(H,13,16)(H,12,14,15). The molecular formula is C10H11N5O2. The van der Waals surface area contributed by atoms with Gasteiger partial charge in [-0.1, -0.05) is 0 Å². The van der Waals surface area contributed by atoms with Crippen molar-refractivity contribution in [2.75, 3.05) is 11.9 Å². The van der Waals surface area contributed by atoms with Crippen molar-refractivity contribution < 1.29 is 9.53 Å². The van der Waals surface area contributed by atoms with Crippen LogP contribution in [0.15, 0.2) is 24.5 Å². The number of nitrogens with one attached hydrogen (secondary N) is 2. The highest BCUT2D eigenvalue weighted by atomic mass is 16.5. The first-order chi connectivity index (χ1) is 8.29. The van der Waals surface area contributed by atoms with E-state index in [0.29, 0.717) is 18.2 Å². The van der Waals surface area contributed by atoms with Gasteiger partial charge in [-0.25, -0.2) is 4.98 Å². The first kappa shape index (κ1) is 11.1. The number of H-pyrrole nitrogens is 1. The van der Waals surface area contributed by atoms with Crippen molar-refractivity contribution in [1.82, 2.24) is 20.4 Å². The summed E-state index contributed by atoms with van der Waals surface area (Å²) in [5.41, 5.74) is 0.792. The van der Waals surface area contributed by atoms with Crippen molar-refractivity contribution in [3.05, 3.63) is 30.2 Å². The average Bonchev–Trinajstić information content (AvgIpc) is 2.86. The van der Waals surface area contributed by atoms with Gasteiger partial charge in [-0.05, 0) is 13.0 Å². The number of aromatic amines is 1. The van der Waals surface area contributed by atoms with Crippen LogP contribution in [0.2, 0.25) is 0 Å². The molecule has 0 fully saturated rings. The molecule has 7 nitrogen and oxygen atoms in total. The summed E-state index contributed by atoms with van der Waals surface area (Å²) in [5.74, 6) is 0.177. The Balaban J connectivity index is 2.01. The lowest BCUT2D eigenvalue weighted by atomic mass is 10.3. The Morgan fingerprint density at radius 3 is 2.94 bits per heavy atom. The lowest BCUT2D eigenvalue weighted by Gasteiger charge is -2.04. The van der Waals surface area contributed by atoms with E-state index in [9.17, 15) is 4.79 Å². The second-order valence-electron chi connectivity index (χ2n) is 3.13. The van der Waals surface area contributed by atoms with Gasteiger partial charge in [0.2, 0.25) is 5.88 Å². The minimum Gasteiger partial charge on any atom is -0.478 e. The van der Waals surface area contributed by atoms with Gasteiger partial charge in [-0.2, -0.15) is 15.4 Å². The maximum atomic E-state index is 11.6. The number of nitrogens with zero attached hydrogens (tertiary/aromatic N) is 3. The highest BCUT2D eigenvalue weighted by Crippen LogP contribution is 2.12. The van der Waals surface area contributed by atoms with Gasteiger partial charge in [-0.3, -0.25) is 4.79 Å². The second kappa shape index (κ2) is 5.06. The summed E-state index contributed by atoms with van der Waals surface area (Å²) in [7, 11) is 0. The zero-order chi connectivity index (χ0) is 12.1. The van der Waals surface area contributed by atoms with E-state index >= 15 is 0 Å². The minimum absolute atomic E-state index is 0.221. The van der Waals surface area contributed by atoms with E-state index in [4.69, 9.17) is 4.74 Å². The van der Waals surface area contributed by atoms with E-state index in [1.54, 1.807) is 12.1 Å². The molecule has 2 heterocycles. The molecular weight excluding hydrogens is 222 g/mol. The monoisotopic (exact) mass is 233 g/mol. The van der Waals surface area contributed by atoms with Crippen LogP contribution in [0.5, 0.6) is 5.88 Å². The molecule has 2 rings (SSSR count). The highest BCUT2D eigenvalue weighted by molar-refractivity contribution is 6.02. The molecule has 0 aromatic carbocycles. The maximum Gasteiger partial charge on any atom is 0.277 e. The van der Waals surface area contributed by atoms with Crippen molar-refractivity contribution >= 4 is 11.6 Å². The van der Waals surface area contributed by atoms with E-state index in [-0.39, 0.29) is 11.6 Å². The van der Waals surface area contributed by atoms with E-state index in [0.717, 1.165) is 0 Å². The Bertz CT molecular complexity index is 480. The minimum atomic E-state index is -0.343. The predicted octanol–water partition coefficient (Wildman–Crippen LogP) is 0.851. The molecule has 0 aliphatic carbocycles. The van der Waals surface area contributed by atoms with Gasteiger partial charge in [0.25, 0.3) is 5.91 Å². The normalized spacial score (nSPS) is 9.94. The number of anilines is 1. The third-order valence-corrected chi connectivity index (χ3v) is 1.93. The Hall–Kier alpha value is -2.44. The summed E-state index contributed by atoms with van der Waals surface area (Å²) in [6.45, 7) is 2.43. The quantitative estimate of drug-likeness (QED) is 0.816. The van der Waals surface area contributed by atoms with Crippen molar-refractivity contribution in [2.24, 2.45) is 0 Å². The molecule has 1 amide bonds. The number of ether oxygens (including phenoxy) is 1. The first-order valence-corrected chi connectivity index (χ1v) is 5.05. The SMILES string of the molecule is CCOc1ccc(NC(=O)c2cn[nH]n2)cn1. The van der Waals surface area contributed by atoms with Gasteiger partial charge in [0.05, 0.1) is 24.7 Å². The van der Waals surface area contributed by atoms with Gasteiger partial charge < -0.3 is 10.1 Å². The highest BCUT2D eigenvalue weighted by Gasteiger charge is 2.08. The van der Waals surface area contributed by atoms with Crippen LogP contribution in [-0.2, 0) is 0 Å². The van der Waals surface area contributed by atoms with Crippen LogP contribution in [0.1, 0.15) is 17.4 Å². The molecule has 0 saturated carbocycles. The fraction of sp³-hybridized carbons (Fsp3) is 0.200. The maximum absolute atomic E-state index is 11.6. The Labute approximate surface area is 97.2 Å². The molecule has 0 unspecified atom stereocenters. The fourth-order valence-electron chi connectivity index (χ4n) is 1.19. The van der Waals surface area contributed by atoms with E-state index in [1.165, 1.54) is 12.4 Å². The van der Waals surface area contributed by atoms with Crippen molar-refractivity contribution in [2.45, 2.75) is 6.92 Å². The van der Waals surface area contributed by atoms with Gasteiger partial charge in [0, 0.05) is 6.07 Å². The topological polar surface area (TPSA) is 92.8 Å². The lowest BCUT2D eigenvalue weighted by Crippen LogP contribution is -2.12. The number of rotatable bonds is 4. The summed E-state index contributed by atoms with van der Waals surface area (Å²) >= 11 is 0. The Kier molecular flexibility index (Phi) is 3.29. The van der Waals surface area contributed by atoms with E-state index in [2.05, 4.69) is 25.7 Å². The Morgan fingerprint density at radius 1 is 1.47 bits per heavy atom. The molecule has 0 aliphatic heterocycles. The zero-order valence-electron chi connectivity index (χ0n) is 9.17. The largest absolute Gasteiger partial charge is 0.478 e. The zero-order valence-corrected chi connectivity index (χ0v) is 9.17. The molecule has 2 aromatic heterocycles. The molecule has 88 valence electrons. The summed E-state index contributed by atoms with van der Waals surface area (Å²) in [5, 5.41) is 12.2. The molecule has 2 N–H and O–H groups in total. The molecule has 0 spiro atoms. The van der Waals surface area contributed by atoms with Crippen molar-refractivity contribution in [3.63, 3.8) is 0 Å². The predicted molar refractivity (Wildman–Crippen MR) is 59.7 cm³/mol. The molecule has 0 saturated heterocycles. The van der Waals surface area contributed by atoms with E-state index in [1.807, 2.05) is 6.92 Å². The number of carbonyl (C=O) groups is 1. The molecule has 2 aromatic rings. The average molecular weight is 233 g/mol. The third kappa shape index (κ3) is 2.77. The molecule has 7 heteroatoms. The number of aromatic nitrogens is 4. The number of carbonyl (C=O) groups excluding carboxylic acids is 1. The number of pyridine rings is 1. The number of amides is 1. The van der Waals surface area contributed by atoms with Gasteiger partial charge in [0.1, 0.15) is 0 Å². The van der Waals surface area contributed by atoms with Crippen LogP contribution in [0.4, 0.5) is 5.69 Å². The molecule has 0 bridgehead atoms. The third-order valence-electron chi connectivity index (χ3n) is 1.93. The molecule has 0 aliphatic rings. The number of hydrogen-bond acceptors (Lipinski definition) is 5. The van der Waals surface area contributed by atoms with E-state index < -0.39 is 0 Å².